The van der Waals surface area contributed by atoms with Gasteiger partial charge in [-0.1, -0.05) is 72.8 Å². The number of nitrogens with zero attached hydrogens (tertiary/aromatic N) is 2. The van der Waals surface area contributed by atoms with Gasteiger partial charge in [-0.15, -0.1) is 11.8 Å². The van der Waals surface area contributed by atoms with Crippen molar-refractivity contribution in [3.05, 3.63) is 90.5 Å². The third kappa shape index (κ3) is 7.24. The van der Waals surface area contributed by atoms with E-state index >= 15 is 0 Å². The SMILES string of the molecule is CN(C)CCNCCC(NC(=O)C1SCCN1S(=O)(=O)c1ccc(-c2ccccc2)cc1)c1ccccc1. The van der Waals surface area contributed by atoms with Crippen LogP contribution in [0.4, 0.5) is 0 Å². The van der Waals surface area contributed by atoms with Gasteiger partial charge in [0, 0.05) is 25.4 Å². The van der Waals surface area contributed by atoms with Crippen molar-refractivity contribution in [1.82, 2.24) is 19.8 Å². The largest absolute Gasteiger partial charge is 0.347 e. The first kappa shape index (κ1) is 28.3. The first-order chi connectivity index (χ1) is 18.4. The van der Waals surface area contributed by atoms with Crippen LogP contribution in [0.25, 0.3) is 11.1 Å². The van der Waals surface area contributed by atoms with E-state index < -0.39 is 15.4 Å². The van der Waals surface area contributed by atoms with Crippen molar-refractivity contribution in [3.8, 4) is 11.1 Å². The van der Waals surface area contributed by atoms with Gasteiger partial charge in [0.1, 0.15) is 5.37 Å². The van der Waals surface area contributed by atoms with Gasteiger partial charge in [0.05, 0.1) is 10.9 Å². The molecule has 4 rings (SSSR count). The molecule has 1 aliphatic rings. The number of hydrogen-bond donors (Lipinski definition) is 2. The maximum absolute atomic E-state index is 13.6. The second-order valence-corrected chi connectivity index (χ2v) is 12.6. The quantitative estimate of drug-likeness (QED) is 0.333. The molecule has 0 bridgehead atoms. The second-order valence-electron chi connectivity index (χ2n) is 9.54. The van der Waals surface area contributed by atoms with E-state index in [-0.39, 0.29) is 16.8 Å². The fourth-order valence-electron chi connectivity index (χ4n) is 4.42. The van der Waals surface area contributed by atoms with Crippen LogP contribution in [-0.4, -0.2) is 74.9 Å². The van der Waals surface area contributed by atoms with Crippen LogP contribution in [0.3, 0.4) is 0 Å². The number of nitrogens with one attached hydrogen (secondary N) is 2. The van der Waals surface area contributed by atoms with Crippen molar-refractivity contribution >= 4 is 27.7 Å². The first-order valence-electron chi connectivity index (χ1n) is 12.9. The van der Waals surface area contributed by atoms with Crippen molar-refractivity contribution in [2.45, 2.75) is 22.7 Å². The van der Waals surface area contributed by atoms with Gasteiger partial charge in [-0.2, -0.15) is 4.31 Å². The molecule has 0 radical (unpaired) electrons. The standard InChI is InChI=1S/C29H36N4O3S2/c1-32(2)20-19-30-18-17-27(25-11-7-4-8-12-25)31-28(34)29-33(21-22-37-29)38(35,36)26-15-13-24(14-16-26)23-9-5-3-6-10-23/h3-16,27,29-30H,17-22H2,1-2H3,(H,31,34). The van der Waals surface area contributed by atoms with Crippen LogP contribution in [0.5, 0.6) is 0 Å². The number of thioether (sulfide) groups is 1. The molecule has 202 valence electrons. The molecule has 2 unspecified atom stereocenters. The Morgan fingerprint density at radius 3 is 2.24 bits per heavy atom. The van der Waals surface area contributed by atoms with Crippen LogP contribution < -0.4 is 10.6 Å². The lowest BCUT2D eigenvalue weighted by molar-refractivity contribution is -0.122. The predicted octanol–water partition coefficient (Wildman–Crippen LogP) is 3.82. The lowest BCUT2D eigenvalue weighted by Crippen LogP contribution is -2.46. The highest BCUT2D eigenvalue weighted by molar-refractivity contribution is 8.02. The molecule has 0 aliphatic carbocycles. The molecule has 1 heterocycles. The van der Waals surface area contributed by atoms with Crippen LogP contribution in [0.15, 0.2) is 89.8 Å². The lowest BCUT2D eigenvalue weighted by Gasteiger charge is -2.26. The summed E-state index contributed by atoms with van der Waals surface area (Å²) >= 11 is 1.37. The van der Waals surface area contributed by atoms with Crippen LogP contribution >= 0.6 is 11.8 Å². The molecule has 1 aliphatic heterocycles. The summed E-state index contributed by atoms with van der Waals surface area (Å²) in [5.74, 6) is 0.292. The average molecular weight is 553 g/mol. The number of carbonyl (C=O) groups is 1. The molecule has 3 aromatic carbocycles. The van der Waals surface area contributed by atoms with Gasteiger partial charge in [-0.25, -0.2) is 8.42 Å². The highest BCUT2D eigenvalue weighted by Gasteiger charge is 2.40. The van der Waals surface area contributed by atoms with E-state index in [1.807, 2.05) is 86.9 Å². The molecule has 2 N–H and O–H groups in total. The summed E-state index contributed by atoms with van der Waals surface area (Å²) in [6, 6.07) is 26.3. The molecule has 3 aromatic rings. The van der Waals surface area contributed by atoms with Gasteiger partial charge in [-0.05, 0) is 55.9 Å². The van der Waals surface area contributed by atoms with Gasteiger partial charge in [0.15, 0.2) is 0 Å². The maximum Gasteiger partial charge on any atom is 0.249 e. The summed E-state index contributed by atoms with van der Waals surface area (Å²) in [4.78, 5) is 15.8. The highest BCUT2D eigenvalue weighted by atomic mass is 32.2. The molecule has 1 amide bonds. The Balaban J connectivity index is 1.45. The van der Waals surface area contributed by atoms with Crippen molar-refractivity contribution in [1.29, 1.82) is 0 Å². The fraction of sp³-hybridized carbons (Fsp3) is 0.345. The molecular weight excluding hydrogens is 516 g/mol. The molecule has 0 spiro atoms. The summed E-state index contributed by atoms with van der Waals surface area (Å²) in [5.41, 5.74) is 2.97. The molecule has 7 nitrogen and oxygen atoms in total. The molecule has 0 saturated carbocycles. The van der Waals surface area contributed by atoms with Crippen molar-refractivity contribution in [2.75, 3.05) is 46.0 Å². The molecule has 38 heavy (non-hydrogen) atoms. The van der Waals surface area contributed by atoms with E-state index in [0.29, 0.717) is 18.7 Å². The summed E-state index contributed by atoms with van der Waals surface area (Å²) in [6.45, 7) is 2.82. The van der Waals surface area contributed by atoms with E-state index in [9.17, 15) is 13.2 Å². The minimum Gasteiger partial charge on any atom is -0.347 e. The normalized spacial score (nSPS) is 17.0. The van der Waals surface area contributed by atoms with Crippen LogP contribution in [0.2, 0.25) is 0 Å². The Morgan fingerprint density at radius 1 is 0.947 bits per heavy atom. The Labute approximate surface area is 230 Å². The van der Waals surface area contributed by atoms with Crippen molar-refractivity contribution in [3.63, 3.8) is 0 Å². The number of carbonyl (C=O) groups excluding carboxylic acids is 1. The number of sulfonamides is 1. The van der Waals surface area contributed by atoms with Gasteiger partial charge < -0.3 is 15.5 Å². The topological polar surface area (TPSA) is 81.8 Å². The number of rotatable bonds is 12. The first-order valence-corrected chi connectivity index (χ1v) is 15.3. The van der Waals surface area contributed by atoms with E-state index in [1.54, 1.807) is 12.1 Å². The van der Waals surface area contributed by atoms with E-state index in [4.69, 9.17) is 0 Å². The zero-order valence-electron chi connectivity index (χ0n) is 21.9. The van der Waals surface area contributed by atoms with Crippen LogP contribution in [0.1, 0.15) is 18.0 Å². The predicted molar refractivity (Wildman–Crippen MR) is 155 cm³/mol. The minimum absolute atomic E-state index is 0.196. The molecule has 9 heteroatoms. The lowest BCUT2D eigenvalue weighted by atomic mass is 10.0. The number of likely N-dealkylation sites (N-methyl/N-ethyl adjacent to an activating group) is 1. The average Bonchev–Trinajstić information content (AvgIpc) is 3.44. The van der Waals surface area contributed by atoms with E-state index in [0.717, 1.165) is 36.3 Å². The smallest absolute Gasteiger partial charge is 0.249 e. The Bertz CT molecular complexity index is 1270. The molecular formula is C29H36N4O3S2. The zero-order valence-corrected chi connectivity index (χ0v) is 23.5. The summed E-state index contributed by atoms with van der Waals surface area (Å²) in [6.07, 6.45) is 0.703. The molecule has 1 saturated heterocycles. The maximum atomic E-state index is 13.6. The van der Waals surface area contributed by atoms with Gasteiger partial charge in [0.25, 0.3) is 0 Å². The monoisotopic (exact) mass is 552 g/mol. The number of amides is 1. The third-order valence-corrected chi connectivity index (χ3v) is 9.72. The van der Waals surface area contributed by atoms with Crippen molar-refractivity contribution in [2.24, 2.45) is 0 Å². The molecule has 1 fully saturated rings. The summed E-state index contributed by atoms with van der Waals surface area (Å²) in [5, 5.41) is 5.76. The van der Waals surface area contributed by atoms with E-state index in [2.05, 4.69) is 15.5 Å². The number of hydrogen-bond acceptors (Lipinski definition) is 6. The highest BCUT2D eigenvalue weighted by Crippen LogP contribution is 2.32. The Kier molecular flexibility index (Phi) is 9.98. The van der Waals surface area contributed by atoms with E-state index in [1.165, 1.54) is 16.1 Å². The van der Waals surface area contributed by atoms with Gasteiger partial charge >= 0.3 is 0 Å². The third-order valence-electron chi connectivity index (χ3n) is 6.51. The van der Waals surface area contributed by atoms with Gasteiger partial charge in [0.2, 0.25) is 15.9 Å². The zero-order chi connectivity index (χ0) is 27.0. The van der Waals surface area contributed by atoms with Crippen LogP contribution in [0, 0.1) is 0 Å². The Morgan fingerprint density at radius 2 is 1.58 bits per heavy atom. The molecule has 0 aromatic heterocycles. The molecule has 2 atom stereocenters. The number of benzene rings is 3. The summed E-state index contributed by atoms with van der Waals surface area (Å²) in [7, 11) is 0.236. The van der Waals surface area contributed by atoms with Crippen LogP contribution in [-0.2, 0) is 14.8 Å². The van der Waals surface area contributed by atoms with Crippen molar-refractivity contribution < 1.29 is 13.2 Å². The fourth-order valence-corrected chi connectivity index (χ4v) is 7.50. The Hall–Kier alpha value is -2.69. The minimum atomic E-state index is -3.83. The summed E-state index contributed by atoms with van der Waals surface area (Å²) < 4.78 is 28.5. The second kappa shape index (κ2) is 13.4. The van der Waals surface area contributed by atoms with Gasteiger partial charge in [-0.3, -0.25) is 4.79 Å².